The van der Waals surface area contributed by atoms with E-state index < -0.39 is 0 Å². The van der Waals surface area contributed by atoms with Gasteiger partial charge in [0.25, 0.3) is 0 Å². The first-order valence-corrected chi connectivity index (χ1v) is 5.92. The molecule has 0 aliphatic carbocycles. The molecule has 0 aliphatic heterocycles. The number of anilines is 1. The van der Waals surface area contributed by atoms with Crippen LogP contribution in [0.3, 0.4) is 0 Å². The van der Waals surface area contributed by atoms with E-state index in [4.69, 9.17) is 5.73 Å². The Hall–Kier alpha value is -1.16. The normalized spacial score (nSPS) is 12.5. The predicted octanol–water partition coefficient (Wildman–Crippen LogP) is 1.60. The minimum Gasteiger partial charge on any atom is -0.341 e. The van der Waals surface area contributed by atoms with Crippen molar-refractivity contribution in [3.8, 4) is 0 Å². The first-order chi connectivity index (χ1) is 7.69. The number of hydrogen-bond acceptors (Lipinski definition) is 4. The van der Waals surface area contributed by atoms with E-state index in [2.05, 4.69) is 28.7 Å². The lowest BCUT2D eigenvalue weighted by Crippen LogP contribution is -2.30. The Morgan fingerprint density at radius 1 is 1.38 bits per heavy atom. The van der Waals surface area contributed by atoms with Gasteiger partial charge in [-0.2, -0.15) is 0 Å². The van der Waals surface area contributed by atoms with Crippen molar-refractivity contribution in [2.45, 2.75) is 39.2 Å². The summed E-state index contributed by atoms with van der Waals surface area (Å²) in [5.74, 6) is 0.793. The van der Waals surface area contributed by atoms with Gasteiger partial charge in [0.2, 0.25) is 5.95 Å². The Balaban J connectivity index is 2.65. The van der Waals surface area contributed by atoms with Gasteiger partial charge in [-0.15, -0.1) is 0 Å². The highest BCUT2D eigenvalue weighted by Crippen LogP contribution is 2.12. The van der Waals surface area contributed by atoms with Crippen LogP contribution in [-0.2, 0) is 6.42 Å². The third-order valence-corrected chi connectivity index (χ3v) is 2.81. The van der Waals surface area contributed by atoms with Gasteiger partial charge in [-0.1, -0.05) is 13.3 Å². The van der Waals surface area contributed by atoms with E-state index in [9.17, 15) is 0 Å². The fraction of sp³-hybridized carbons (Fsp3) is 0.667. The fourth-order valence-electron chi connectivity index (χ4n) is 1.63. The summed E-state index contributed by atoms with van der Waals surface area (Å²) in [7, 11) is 2.04. The maximum absolute atomic E-state index is 5.48. The molecule has 0 saturated carbocycles. The highest BCUT2D eigenvalue weighted by Gasteiger charge is 2.11. The second kappa shape index (κ2) is 6.43. The summed E-state index contributed by atoms with van der Waals surface area (Å²) in [6.07, 6.45) is 6.91. The summed E-state index contributed by atoms with van der Waals surface area (Å²) >= 11 is 0. The van der Waals surface area contributed by atoms with E-state index in [0.717, 1.165) is 24.4 Å². The van der Waals surface area contributed by atoms with Gasteiger partial charge < -0.3 is 10.6 Å². The van der Waals surface area contributed by atoms with Crippen molar-refractivity contribution >= 4 is 5.95 Å². The van der Waals surface area contributed by atoms with E-state index in [1.54, 1.807) is 0 Å². The summed E-state index contributed by atoms with van der Waals surface area (Å²) in [4.78, 5) is 10.8. The predicted molar refractivity (Wildman–Crippen MR) is 67.6 cm³/mol. The molecule has 0 amide bonds. The first-order valence-electron chi connectivity index (χ1n) is 5.92. The average Bonchev–Trinajstić information content (AvgIpc) is 2.30. The molecule has 0 saturated heterocycles. The first kappa shape index (κ1) is 12.9. The molecular weight excluding hydrogens is 200 g/mol. The van der Waals surface area contributed by atoms with E-state index in [1.807, 2.05) is 19.4 Å². The molecule has 2 N–H and O–H groups in total. The lowest BCUT2D eigenvalue weighted by atomic mass is 10.2. The maximum atomic E-state index is 5.48. The minimum absolute atomic E-state index is 0.477. The van der Waals surface area contributed by atoms with Crippen molar-refractivity contribution in [3.05, 3.63) is 18.0 Å². The van der Waals surface area contributed by atoms with Crippen LogP contribution in [0.1, 0.15) is 32.3 Å². The molecule has 4 heteroatoms. The Labute approximate surface area is 97.9 Å². The quantitative estimate of drug-likeness (QED) is 0.794. The molecule has 0 bridgehead atoms. The molecule has 0 aliphatic rings. The van der Waals surface area contributed by atoms with Gasteiger partial charge in [0, 0.05) is 25.5 Å². The minimum atomic E-state index is 0.477. The smallest absolute Gasteiger partial charge is 0.225 e. The fourth-order valence-corrected chi connectivity index (χ4v) is 1.63. The molecule has 0 fully saturated rings. The van der Waals surface area contributed by atoms with E-state index >= 15 is 0 Å². The summed E-state index contributed by atoms with van der Waals surface area (Å²) in [5, 5.41) is 0. The van der Waals surface area contributed by atoms with Gasteiger partial charge in [0.05, 0.1) is 0 Å². The van der Waals surface area contributed by atoms with Gasteiger partial charge in [-0.05, 0) is 31.9 Å². The second-order valence-corrected chi connectivity index (χ2v) is 4.18. The zero-order chi connectivity index (χ0) is 12.0. The SMILES string of the molecule is CCCC(C)N(C)c1ncc(CCN)cn1. The van der Waals surface area contributed by atoms with Crippen LogP contribution in [0.5, 0.6) is 0 Å². The van der Waals surface area contributed by atoms with Gasteiger partial charge in [-0.3, -0.25) is 0 Å². The highest BCUT2D eigenvalue weighted by atomic mass is 15.2. The van der Waals surface area contributed by atoms with Crippen LogP contribution in [0.25, 0.3) is 0 Å². The summed E-state index contributed by atoms with van der Waals surface area (Å²) in [6.45, 7) is 5.03. The Morgan fingerprint density at radius 2 is 2.00 bits per heavy atom. The molecule has 1 rings (SSSR count). The van der Waals surface area contributed by atoms with Crippen molar-refractivity contribution in [3.63, 3.8) is 0 Å². The maximum Gasteiger partial charge on any atom is 0.225 e. The number of nitrogens with two attached hydrogens (primary N) is 1. The molecule has 16 heavy (non-hydrogen) atoms. The third kappa shape index (κ3) is 3.45. The summed E-state index contributed by atoms with van der Waals surface area (Å²) in [6, 6.07) is 0.477. The van der Waals surface area contributed by atoms with Crippen molar-refractivity contribution in [2.24, 2.45) is 5.73 Å². The van der Waals surface area contributed by atoms with Crippen LogP contribution in [0.4, 0.5) is 5.95 Å². The van der Waals surface area contributed by atoms with E-state index in [0.29, 0.717) is 12.6 Å². The van der Waals surface area contributed by atoms with Crippen LogP contribution in [0, 0.1) is 0 Å². The Kier molecular flexibility index (Phi) is 5.19. The molecule has 0 spiro atoms. The molecule has 1 atom stereocenters. The topological polar surface area (TPSA) is 55.0 Å². The lowest BCUT2D eigenvalue weighted by molar-refractivity contribution is 0.605. The molecule has 1 aromatic rings. The number of rotatable bonds is 6. The van der Waals surface area contributed by atoms with Crippen LogP contribution < -0.4 is 10.6 Å². The average molecular weight is 222 g/mol. The second-order valence-electron chi connectivity index (χ2n) is 4.18. The zero-order valence-electron chi connectivity index (χ0n) is 10.5. The van der Waals surface area contributed by atoms with Gasteiger partial charge in [0.15, 0.2) is 0 Å². The van der Waals surface area contributed by atoms with Gasteiger partial charge in [-0.25, -0.2) is 9.97 Å². The largest absolute Gasteiger partial charge is 0.341 e. The van der Waals surface area contributed by atoms with Crippen molar-refractivity contribution in [1.82, 2.24) is 9.97 Å². The van der Waals surface area contributed by atoms with E-state index in [1.165, 1.54) is 6.42 Å². The van der Waals surface area contributed by atoms with Gasteiger partial charge in [0.1, 0.15) is 0 Å². The molecule has 1 aromatic heterocycles. The molecule has 0 aromatic carbocycles. The molecule has 4 nitrogen and oxygen atoms in total. The van der Waals surface area contributed by atoms with E-state index in [-0.39, 0.29) is 0 Å². The summed E-state index contributed by atoms with van der Waals surface area (Å²) in [5.41, 5.74) is 6.58. The highest BCUT2D eigenvalue weighted by molar-refractivity contribution is 5.29. The lowest BCUT2D eigenvalue weighted by Gasteiger charge is -2.24. The number of nitrogens with zero attached hydrogens (tertiary/aromatic N) is 3. The van der Waals surface area contributed by atoms with Crippen LogP contribution >= 0.6 is 0 Å². The van der Waals surface area contributed by atoms with Crippen molar-refractivity contribution in [2.75, 3.05) is 18.5 Å². The van der Waals surface area contributed by atoms with Gasteiger partial charge >= 0.3 is 0 Å². The zero-order valence-corrected chi connectivity index (χ0v) is 10.5. The summed E-state index contributed by atoms with van der Waals surface area (Å²) < 4.78 is 0. The third-order valence-electron chi connectivity index (χ3n) is 2.81. The molecule has 90 valence electrons. The standard InChI is InChI=1S/C12H22N4/c1-4-5-10(2)16(3)12-14-8-11(6-7-13)9-15-12/h8-10H,4-7,13H2,1-3H3. The van der Waals surface area contributed by atoms with Crippen LogP contribution in [0.2, 0.25) is 0 Å². The van der Waals surface area contributed by atoms with Crippen LogP contribution in [0.15, 0.2) is 12.4 Å². The molecule has 1 unspecified atom stereocenters. The Bertz CT molecular complexity index is 296. The van der Waals surface area contributed by atoms with Crippen LogP contribution in [-0.4, -0.2) is 29.6 Å². The monoisotopic (exact) mass is 222 g/mol. The molecule has 0 radical (unpaired) electrons. The molecular formula is C12H22N4. The number of aromatic nitrogens is 2. The number of hydrogen-bond donors (Lipinski definition) is 1. The van der Waals surface area contributed by atoms with Crippen molar-refractivity contribution in [1.29, 1.82) is 0 Å². The molecule has 1 heterocycles. The van der Waals surface area contributed by atoms with Crippen molar-refractivity contribution < 1.29 is 0 Å². The Morgan fingerprint density at radius 3 is 2.50 bits per heavy atom.